The van der Waals surface area contributed by atoms with Crippen LogP contribution in [0.2, 0.25) is 0 Å². The van der Waals surface area contributed by atoms with Crippen molar-refractivity contribution in [3.05, 3.63) is 65.0 Å². The second-order valence-corrected chi connectivity index (χ2v) is 5.20. The van der Waals surface area contributed by atoms with Gasteiger partial charge in [0.1, 0.15) is 0 Å². The molecule has 3 rings (SSSR count). The molecule has 0 N–H and O–H groups in total. The van der Waals surface area contributed by atoms with Gasteiger partial charge in [0.25, 0.3) is 0 Å². The summed E-state index contributed by atoms with van der Waals surface area (Å²) in [6, 6.07) is 10.2. The highest BCUT2D eigenvalue weighted by atomic mass is 16.1. The van der Waals surface area contributed by atoms with Gasteiger partial charge in [0.2, 0.25) is 0 Å². The zero-order chi connectivity index (χ0) is 13.2. The molecule has 2 nitrogen and oxygen atoms in total. The number of pyridine rings is 1. The van der Waals surface area contributed by atoms with Crippen LogP contribution in [0.3, 0.4) is 0 Å². The largest absolute Gasteiger partial charge is 0.293 e. The first-order chi connectivity index (χ1) is 9.27. The van der Waals surface area contributed by atoms with Gasteiger partial charge >= 0.3 is 0 Å². The third kappa shape index (κ3) is 2.19. The molecule has 0 spiro atoms. The molecule has 1 aromatic heterocycles. The molecule has 0 saturated heterocycles. The molecule has 2 aromatic rings. The van der Waals surface area contributed by atoms with Crippen molar-refractivity contribution in [1.82, 2.24) is 4.98 Å². The van der Waals surface area contributed by atoms with Crippen molar-refractivity contribution in [1.29, 1.82) is 0 Å². The summed E-state index contributed by atoms with van der Waals surface area (Å²) in [5, 5.41) is 0. The number of fused-ring (bicyclic) bond motifs is 1. The smallest absolute Gasteiger partial charge is 0.172 e. The summed E-state index contributed by atoms with van der Waals surface area (Å²) in [5.41, 5.74) is 4.32. The zero-order valence-corrected chi connectivity index (χ0v) is 11.1. The Balaban J connectivity index is 2.00. The van der Waals surface area contributed by atoms with Crippen LogP contribution in [-0.2, 0) is 6.42 Å². The summed E-state index contributed by atoms with van der Waals surface area (Å²) in [4.78, 5) is 16.8. The van der Waals surface area contributed by atoms with E-state index in [1.807, 2.05) is 19.1 Å². The van der Waals surface area contributed by atoms with Crippen LogP contribution >= 0.6 is 0 Å². The molecule has 0 aliphatic heterocycles. The minimum Gasteiger partial charge on any atom is -0.293 e. The molecule has 0 radical (unpaired) electrons. The number of hydrogen-bond acceptors (Lipinski definition) is 2. The first-order valence-corrected chi connectivity index (χ1v) is 6.80. The predicted molar refractivity (Wildman–Crippen MR) is 75.4 cm³/mol. The van der Waals surface area contributed by atoms with Gasteiger partial charge in [-0.1, -0.05) is 24.3 Å². The van der Waals surface area contributed by atoms with Gasteiger partial charge in [-0.15, -0.1) is 0 Å². The molecule has 0 saturated carbocycles. The lowest BCUT2D eigenvalue weighted by Crippen LogP contribution is -2.19. The van der Waals surface area contributed by atoms with E-state index >= 15 is 0 Å². The average molecular weight is 251 g/mol. The SMILES string of the molecule is Cc1ccncc1C(=O)C1CCCc2ccccc21. The first-order valence-electron chi connectivity index (χ1n) is 6.80. The summed E-state index contributed by atoms with van der Waals surface area (Å²) in [7, 11) is 0. The summed E-state index contributed by atoms with van der Waals surface area (Å²) in [6.07, 6.45) is 6.57. The molecule has 0 amide bonds. The maximum Gasteiger partial charge on any atom is 0.172 e. The highest BCUT2D eigenvalue weighted by molar-refractivity contribution is 6.02. The molecule has 1 aliphatic rings. The lowest BCUT2D eigenvalue weighted by Gasteiger charge is -2.24. The van der Waals surface area contributed by atoms with Gasteiger partial charge < -0.3 is 0 Å². The molecule has 96 valence electrons. The fraction of sp³-hybridized carbons (Fsp3) is 0.294. The minimum atomic E-state index is 0.00727. The molecule has 1 unspecified atom stereocenters. The van der Waals surface area contributed by atoms with E-state index in [0.29, 0.717) is 0 Å². The second kappa shape index (κ2) is 4.96. The summed E-state index contributed by atoms with van der Waals surface area (Å²) < 4.78 is 0. The Morgan fingerprint density at radius 2 is 2.11 bits per heavy atom. The van der Waals surface area contributed by atoms with Crippen LogP contribution in [0.15, 0.2) is 42.7 Å². The fourth-order valence-electron chi connectivity index (χ4n) is 2.94. The van der Waals surface area contributed by atoms with Gasteiger partial charge in [0.05, 0.1) is 0 Å². The Hall–Kier alpha value is -1.96. The van der Waals surface area contributed by atoms with Gasteiger partial charge in [-0.3, -0.25) is 9.78 Å². The average Bonchev–Trinajstić information content (AvgIpc) is 2.46. The molecule has 1 aliphatic carbocycles. The summed E-state index contributed by atoms with van der Waals surface area (Å²) in [6.45, 7) is 1.98. The Morgan fingerprint density at radius 1 is 1.26 bits per heavy atom. The van der Waals surface area contributed by atoms with Crippen LogP contribution in [0.25, 0.3) is 0 Å². The van der Waals surface area contributed by atoms with Crippen LogP contribution < -0.4 is 0 Å². The minimum absolute atomic E-state index is 0.00727. The predicted octanol–water partition coefficient (Wildman–Crippen LogP) is 3.69. The number of aryl methyl sites for hydroxylation is 2. The molecule has 2 heteroatoms. The number of hydrogen-bond donors (Lipinski definition) is 0. The fourth-order valence-corrected chi connectivity index (χ4v) is 2.94. The van der Waals surface area contributed by atoms with E-state index in [9.17, 15) is 4.79 Å². The van der Waals surface area contributed by atoms with Crippen molar-refractivity contribution in [2.24, 2.45) is 0 Å². The zero-order valence-electron chi connectivity index (χ0n) is 11.1. The number of carbonyl (C=O) groups excluding carboxylic acids is 1. The Kier molecular flexibility index (Phi) is 3.16. The van der Waals surface area contributed by atoms with Crippen molar-refractivity contribution in [3.8, 4) is 0 Å². The third-order valence-electron chi connectivity index (χ3n) is 3.99. The van der Waals surface area contributed by atoms with Crippen LogP contribution in [0.5, 0.6) is 0 Å². The van der Waals surface area contributed by atoms with E-state index in [4.69, 9.17) is 0 Å². The standard InChI is InChI=1S/C17H17NO/c1-12-9-10-18-11-16(12)17(19)15-8-4-6-13-5-2-3-7-14(13)15/h2-3,5,7,9-11,15H,4,6,8H2,1H3. The molecule has 0 fully saturated rings. The van der Waals surface area contributed by atoms with Crippen molar-refractivity contribution >= 4 is 5.78 Å². The Bertz CT molecular complexity index is 618. The molecule has 0 bridgehead atoms. The van der Waals surface area contributed by atoms with E-state index < -0.39 is 0 Å². The highest BCUT2D eigenvalue weighted by Crippen LogP contribution is 2.34. The number of nitrogens with zero attached hydrogens (tertiary/aromatic N) is 1. The van der Waals surface area contributed by atoms with Crippen molar-refractivity contribution < 1.29 is 4.79 Å². The Labute approximate surface area is 113 Å². The van der Waals surface area contributed by atoms with E-state index in [1.165, 1.54) is 11.1 Å². The molecule has 1 atom stereocenters. The number of aromatic nitrogens is 1. The second-order valence-electron chi connectivity index (χ2n) is 5.20. The monoisotopic (exact) mass is 251 g/mol. The Morgan fingerprint density at radius 3 is 2.95 bits per heavy atom. The highest BCUT2D eigenvalue weighted by Gasteiger charge is 2.27. The maximum absolute atomic E-state index is 12.7. The van der Waals surface area contributed by atoms with Gasteiger partial charge in [-0.25, -0.2) is 0 Å². The van der Waals surface area contributed by atoms with E-state index in [-0.39, 0.29) is 11.7 Å². The number of benzene rings is 1. The van der Waals surface area contributed by atoms with Crippen LogP contribution in [0.4, 0.5) is 0 Å². The van der Waals surface area contributed by atoms with Crippen LogP contribution in [-0.4, -0.2) is 10.8 Å². The molecular weight excluding hydrogens is 234 g/mol. The normalized spacial score (nSPS) is 17.8. The van der Waals surface area contributed by atoms with Crippen molar-refractivity contribution in [3.63, 3.8) is 0 Å². The topological polar surface area (TPSA) is 30.0 Å². The summed E-state index contributed by atoms with van der Waals surface area (Å²) in [5.74, 6) is 0.227. The van der Waals surface area contributed by atoms with Crippen LogP contribution in [0, 0.1) is 6.92 Å². The first kappa shape index (κ1) is 12.1. The summed E-state index contributed by atoms with van der Waals surface area (Å²) >= 11 is 0. The molecule has 19 heavy (non-hydrogen) atoms. The van der Waals surface area contributed by atoms with Gasteiger partial charge in [0, 0.05) is 23.9 Å². The number of Topliss-reactive ketones (excluding diaryl/α,β-unsaturated/α-hetero) is 1. The van der Waals surface area contributed by atoms with Crippen molar-refractivity contribution in [2.45, 2.75) is 32.1 Å². The number of ketones is 1. The number of rotatable bonds is 2. The third-order valence-corrected chi connectivity index (χ3v) is 3.99. The van der Waals surface area contributed by atoms with E-state index in [2.05, 4.69) is 23.2 Å². The molecule has 1 aromatic carbocycles. The van der Waals surface area contributed by atoms with E-state index in [1.54, 1.807) is 12.4 Å². The molecule has 1 heterocycles. The van der Waals surface area contributed by atoms with Gasteiger partial charge in [-0.05, 0) is 48.9 Å². The van der Waals surface area contributed by atoms with Gasteiger partial charge in [0.15, 0.2) is 5.78 Å². The van der Waals surface area contributed by atoms with E-state index in [0.717, 1.165) is 30.4 Å². The lowest BCUT2D eigenvalue weighted by atomic mass is 9.78. The quantitative estimate of drug-likeness (QED) is 0.762. The van der Waals surface area contributed by atoms with Crippen LogP contribution in [0.1, 0.15) is 45.8 Å². The van der Waals surface area contributed by atoms with Crippen molar-refractivity contribution in [2.75, 3.05) is 0 Å². The number of carbonyl (C=O) groups is 1. The molecular formula is C17H17NO. The lowest BCUT2D eigenvalue weighted by molar-refractivity contribution is 0.0950. The van der Waals surface area contributed by atoms with Gasteiger partial charge in [-0.2, -0.15) is 0 Å². The maximum atomic E-state index is 12.7.